The lowest BCUT2D eigenvalue weighted by Gasteiger charge is -2.08. The van der Waals surface area contributed by atoms with Crippen LogP contribution in [-0.4, -0.2) is 9.55 Å². The molecule has 0 aliphatic heterocycles. The molecule has 5 aromatic carbocycles. The lowest BCUT2D eigenvalue weighted by atomic mass is 10.0. The van der Waals surface area contributed by atoms with E-state index in [9.17, 15) is 0 Å². The van der Waals surface area contributed by atoms with E-state index in [0.29, 0.717) is 0 Å². The van der Waals surface area contributed by atoms with Gasteiger partial charge in [0.05, 0.1) is 11.0 Å². The zero-order valence-electron chi connectivity index (χ0n) is 17.4. The minimum atomic E-state index is 0. The molecule has 0 aliphatic rings. The molecule has 0 spiro atoms. The lowest BCUT2D eigenvalue weighted by molar-refractivity contribution is 1.18. The molecule has 0 amide bonds. The zero-order chi connectivity index (χ0) is 21.1. The first kappa shape index (κ1) is 17.4. The Kier molecular flexibility index (Phi) is 3.58. The fourth-order valence-electron chi connectivity index (χ4n) is 5.04. The highest BCUT2D eigenvalue weighted by molar-refractivity contribution is 6.11. The predicted octanol–water partition coefficient (Wildman–Crippen LogP) is 8.33. The van der Waals surface area contributed by atoms with Gasteiger partial charge in [-0.05, 0) is 59.7 Å². The fourth-order valence-corrected chi connectivity index (χ4v) is 5.04. The van der Waals surface area contributed by atoms with Gasteiger partial charge in [0, 0.05) is 39.7 Å². The summed E-state index contributed by atoms with van der Waals surface area (Å²) in [6.45, 7) is 0. The Balaban J connectivity index is 0.00000206. The molecule has 0 saturated carbocycles. The second-order valence-electron chi connectivity index (χ2n) is 8.35. The summed E-state index contributed by atoms with van der Waals surface area (Å²) < 4.78 is 2.36. The maximum Gasteiger partial charge on any atom is 0.0541 e. The third kappa shape index (κ3) is 2.47. The smallest absolute Gasteiger partial charge is 0.0541 e. The molecular weight excluding hydrogens is 388 g/mol. The number of rotatable bonds is 2. The highest BCUT2D eigenvalue weighted by Gasteiger charge is 2.13. The molecule has 2 nitrogen and oxygen atoms in total. The Morgan fingerprint density at radius 1 is 0.469 bits per heavy atom. The van der Waals surface area contributed by atoms with Crippen LogP contribution in [0.2, 0.25) is 0 Å². The molecule has 0 unspecified atom stereocenters. The second-order valence-corrected chi connectivity index (χ2v) is 8.35. The van der Waals surface area contributed by atoms with Crippen molar-refractivity contribution < 1.29 is 1.43 Å². The van der Waals surface area contributed by atoms with Crippen LogP contribution < -0.4 is 0 Å². The van der Waals surface area contributed by atoms with Crippen molar-refractivity contribution in [3.63, 3.8) is 0 Å². The summed E-state index contributed by atoms with van der Waals surface area (Å²) in [6, 6.07) is 41.4. The van der Waals surface area contributed by atoms with E-state index in [4.69, 9.17) is 0 Å². The molecule has 0 bridgehead atoms. The highest BCUT2D eigenvalue weighted by Crippen LogP contribution is 2.36. The van der Waals surface area contributed by atoms with Gasteiger partial charge < -0.3 is 9.55 Å². The van der Waals surface area contributed by atoms with Crippen LogP contribution >= 0.6 is 0 Å². The first-order valence-electron chi connectivity index (χ1n) is 11.0. The van der Waals surface area contributed by atoms with Crippen LogP contribution in [0.3, 0.4) is 0 Å². The van der Waals surface area contributed by atoms with Gasteiger partial charge in [0.1, 0.15) is 0 Å². The third-order valence-electron chi connectivity index (χ3n) is 6.53. The Labute approximate surface area is 186 Å². The van der Waals surface area contributed by atoms with Gasteiger partial charge in [-0.15, -0.1) is 0 Å². The molecule has 0 atom stereocenters. The molecule has 152 valence electrons. The van der Waals surface area contributed by atoms with Crippen molar-refractivity contribution in [3.8, 4) is 16.8 Å². The van der Waals surface area contributed by atoms with Gasteiger partial charge in [0.15, 0.2) is 0 Å². The summed E-state index contributed by atoms with van der Waals surface area (Å²) >= 11 is 0. The standard InChI is InChI=1S/C30H20N2.H2/c1-2-8-22(9-3-1)32-29-13-7-5-11-24(29)26-19-21(15-17-30(26)32)20-14-16-28-25(18-20)23-10-4-6-12-27(23)31-28;/h1-19,31H;1H. The van der Waals surface area contributed by atoms with Crippen molar-refractivity contribution in [2.75, 3.05) is 0 Å². The molecule has 0 saturated heterocycles. The van der Waals surface area contributed by atoms with Gasteiger partial charge in [0.25, 0.3) is 0 Å². The van der Waals surface area contributed by atoms with Crippen LogP contribution in [0.4, 0.5) is 0 Å². The molecule has 0 aliphatic carbocycles. The van der Waals surface area contributed by atoms with Gasteiger partial charge in [0.2, 0.25) is 0 Å². The monoisotopic (exact) mass is 410 g/mol. The first-order valence-corrected chi connectivity index (χ1v) is 11.0. The molecule has 2 heterocycles. The molecule has 2 aromatic heterocycles. The Morgan fingerprint density at radius 3 is 1.97 bits per heavy atom. The molecule has 2 heteroatoms. The largest absolute Gasteiger partial charge is 0.355 e. The fraction of sp³-hybridized carbons (Fsp3) is 0. The topological polar surface area (TPSA) is 20.7 Å². The molecule has 0 fully saturated rings. The molecule has 7 aromatic rings. The minimum absolute atomic E-state index is 0. The molecule has 0 radical (unpaired) electrons. The summed E-state index contributed by atoms with van der Waals surface area (Å²) in [7, 11) is 0. The average Bonchev–Trinajstić information content (AvgIpc) is 3.39. The average molecular weight is 411 g/mol. The van der Waals surface area contributed by atoms with E-state index in [1.165, 1.54) is 60.4 Å². The maximum absolute atomic E-state index is 3.53. The number of hydrogen-bond acceptors (Lipinski definition) is 0. The van der Waals surface area contributed by atoms with Gasteiger partial charge in [-0.1, -0.05) is 66.7 Å². The normalized spacial score (nSPS) is 11.8. The molecule has 32 heavy (non-hydrogen) atoms. The molecular formula is C30H22N2. The minimum Gasteiger partial charge on any atom is -0.355 e. The van der Waals surface area contributed by atoms with E-state index in [2.05, 4.69) is 125 Å². The Hall–Kier alpha value is -4.30. The summed E-state index contributed by atoms with van der Waals surface area (Å²) in [6.07, 6.45) is 0. The van der Waals surface area contributed by atoms with Crippen LogP contribution in [0.15, 0.2) is 115 Å². The SMILES string of the molecule is [HH].c1ccc(-n2c3ccccc3c3cc(-c4ccc5[nH]c6ccccc6c5c4)ccc32)cc1. The molecule has 7 rings (SSSR count). The number of para-hydroxylation sites is 3. The lowest BCUT2D eigenvalue weighted by Crippen LogP contribution is -1.92. The number of fused-ring (bicyclic) bond motifs is 6. The number of nitrogens with zero attached hydrogens (tertiary/aromatic N) is 1. The predicted molar refractivity (Wildman–Crippen MR) is 138 cm³/mol. The number of aromatic amines is 1. The Morgan fingerprint density at radius 2 is 1.09 bits per heavy atom. The van der Waals surface area contributed by atoms with E-state index in [-0.39, 0.29) is 1.43 Å². The number of aromatic nitrogens is 2. The molecule has 1 N–H and O–H groups in total. The van der Waals surface area contributed by atoms with Crippen molar-refractivity contribution in [2.24, 2.45) is 0 Å². The van der Waals surface area contributed by atoms with Crippen molar-refractivity contribution >= 4 is 43.6 Å². The zero-order valence-corrected chi connectivity index (χ0v) is 17.4. The van der Waals surface area contributed by atoms with E-state index in [1.807, 2.05) is 0 Å². The summed E-state index contributed by atoms with van der Waals surface area (Å²) in [5, 5.41) is 5.10. The van der Waals surface area contributed by atoms with Crippen LogP contribution in [-0.2, 0) is 0 Å². The quantitative estimate of drug-likeness (QED) is 0.296. The van der Waals surface area contributed by atoms with Crippen molar-refractivity contribution in [1.82, 2.24) is 9.55 Å². The van der Waals surface area contributed by atoms with Crippen LogP contribution in [0.25, 0.3) is 60.4 Å². The number of H-pyrrole nitrogens is 1. The highest BCUT2D eigenvalue weighted by atomic mass is 15.0. The Bertz CT molecular complexity index is 1770. The van der Waals surface area contributed by atoms with Gasteiger partial charge >= 0.3 is 0 Å². The van der Waals surface area contributed by atoms with Crippen LogP contribution in [0.5, 0.6) is 0 Å². The van der Waals surface area contributed by atoms with E-state index < -0.39 is 0 Å². The van der Waals surface area contributed by atoms with Crippen LogP contribution in [0, 0.1) is 0 Å². The summed E-state index contributed by atoms with van der Waals surface area (Å²) in [4.78, 5) is 3.53. The van der Waals surface area contributed by atoms with E-state index >= 15 is 0 Å². The summed E-state index contributed by atoms with van der Waals surface area (Å²) in [5.74, 6) is 0. The number of hydrogen-bond donors (Lipinski definition) is 1. The maximum atomic E-state index is 3.53. The van der Waals surface area contributed by atoms with Crippen molar-refractivity contribution in [1.29, 1.82) is 0 Å². The van der Waals surface area contributed by atoms with Gasteiger partial charge in [-0.2, -0.15) is 0 Å². The summed E-state index contributed by atoms with van der Waals surface area (Å²) in [5.41, 5.74) is 8.48. The van der Waals surface area contributed by atoms with Gasteiger partial charge in [-0.25, -0.2) is 0 Å². The van der Waals surface area contributed by atoms with E-state index in [0.717, 1.165) is 0 Å². The van der Waals surface area contributed by atoms with E-state index in [1.54, 1.807) is 0 Å². The second kappa shape index (κ2) is 6.60. The third-order valence-corrected chi connectivity index (χ3v) is 6.53. The van der Waals surface area contributed by atoms with Gasteiger partial charge in [-0.3, -0.25) is 0 Å². The number of benzene rings is 5. The van der Waals surface area contributed by atoms with Crippen molar-refractivity contribution in [3.05, 3.63) is 115 Å². The first-order chi connectivity index (χ1) is 15.9. The van der Waals surface area contributed by atoms with Crippen molar-refractivity contribution in [2.45, 2.75) is 0 Å². The number of nitrogens with one attached hydrogen (secondary N) is 1. The van der Waals surface area contributed by atoms with Crippen LogP contribution in [0.1, 0.15) is 1.43 Å².